The zero-order valence-corrected chi connectivity index (χ0v) is 16.5. The summed E-state index contributed by atoms with van der Waals surface area (Å²) in [5.41, 5.74) is 4.58. The molecule has 2 nitrogen and oxygen atoms in total. The third kappa shape index (κ3) is 2.09. The number of hydrogen-bond donors (Lipinski definition) is 0. The average molecular weight is 421 g/mol. The Labute approximate surface area is 158 Å². The normalized spacial score (nSPS) is 18.2. The van der Waals surface area contributed by atoms with E-state index in [1.807, 2.05) is 13.8 Å². The Hall–Kier alpha value is -2.02. The van der Waals surface area contributed by atoms with Crippen molar-refractivity contribution >= 4 is 34.2 Å². The number of aryl methyl sites for hydroxylation is 2. The Kier molecular flexibility index (Phi) is 3.67. The highest BCUT2D eigenvalue weighted by Crippen LogP contribution is 2.45. The van der Waals surface area contributed by atoms with E-state index >= 15 is 8.63 Å². The lowest BCUT2D eigenvalue weighted by molar-refractivity contribution is -0.363. The topological polar surface area (TPSA) is 7.94 Å². The van der Waals surface area contributed by atoms with Crippen molar-refractivity contribution in [2.24, 2.45) is 0 Å². The largest absolute Gasteiger partial charge is 0.737 e. The van der Waals surface area contributed by atoms with Crippen LogP contribution in [0.5, 0.6) is 0 Å². The fourth-order valence-corrected chi connectivity index (χ4v) is 4.71. The molecule has 0 aliphatic carbocycles. The standard InChI is InChI=1S/C19H17BBrF3N2/c1-10-8-12(3)25-18(10)16(14-6-5-7-15(22)17(14)21)19-11(2)9-13(4)26(19)20(25,23)24/h5-9H,1-4H3. The van der Waals surface area contributed by atoms with Crippen LogP contribution in [0, 0.1) is 19.7 Å². The number of benzene rings is 1. The van der Waals surface area contributed by atoms with Crippen molar-refractivity contribution in [3.8, 4) is 0 Å². The second kappa shape index (κ2) is 5.49. The summed E-state index contributed by atoms with van der Waals surface area (Å²) in [6, 6.07) is 6.47. The molecule has 0 saturated heterocycles. The number of hydrogen-bond acceptors (Lipinski definition) is 0. The van der Waals surface area contributed by atoms with Crippen molar-refractivity contribution in [3.05, 3.63) is 74.4 Å². The summed E-state index contributed by atoms with van der Waals surface area (Å²) in [5, 5.41) is 0. The predicted octanol–water partition coefficient (Wildman–Crippen LogP) is 5.44. The number of allylic oxidation sites excluding steroid dienone is 2. The molecular formula is C19H17BBrF3N2. The highest BCUT2D eigenvalue weighted by atomic mass is 79.9. The number of rotatable bonds is 1. The first-order valence-corrected chi connectivity index (χ1v) is 9.17. The van der Waals surface area contributed by atoms with Crippen LogP contribution in [0.2, 0.25) is 0 Å². The van der Waals surface area contributed by atoms with E-state index in [9.17, 15) is 4.39 Å². The van der Waals surface area contributed by atoms with E-state index in [1.165, 1.54) is 6.07 Å². The maximum atomic E-state index is 15.5. The van der Waals surface area contributed by atoms with Gasteiger partial charge in [-0.05, 0) is 60.1 Å². The molecule has 0 fully saturated rings. The summed E-state index contributed by atoms with van der Waals surface area (Å²) < 4.78 is 47.7. The molecule has 0 radical (unpaired) electrons. The molecule has 7 heteroatoms. The highest BCUT2D eigenvalue weighted by molar-refractivity contribution is 9.10. The fraction of sp³-hybridized carbons (Fsp3) is 0.211. The van der Waals surface area contributed by atoms with E-state index in [0.717, 1.165) is 20.1 Å². The molecule has 1 aromatic heterocycles. The van der Waals surface area contributed by atoms with Gasteiger partial charge in [-0.15, -0.1) is 0 Å². The van der Waals surface area contributed by atoms with Crippen LogP contribution in [0.15, 0.2) is 46.1 Å². The quantitative estimate of drug-likeness (QED) is 0.543. The molecule has 0 amide bonds. The van der Waals surface area contributed by atoms with Crippen molar-refractivity contribution in [2.45, 2.75) is 27.7 Å². The molecule has 0 N–H and O–H groups in total. The van der Waals surface area contributed by atoms with Gasteiger partial charge in [0.2, 0.25) is 0 Å². The van der Waals surface area contributed by atoms with Crippen molar-refractivity contribution in [1.82, 2.24) is 4.48 Å². The predicted molar refractivity (Wildman–Crippen MR) is 102 cm³/mol. The van der Waals surface area contributed by atoms with Gasteiger partial charge in [-0.3, -0.25) is 0 Å². The molecular weight excluding hydrogens is 404 g/mol. The first-order valence-electron chi connectivity index (χ1n) is 8.37. The van der Waals surface area contributed by atoms with E-state index in [0.29, 0.717) is 33.9 Å². The summed E-state index contributed by atoms with van der Waals surface area (Å²) in [4.78, 5) is 0. The van der Waals surface area contributed by atoms with E-state index in [-0.39, 0.29) is 4.47 Å². The van der Waals surface area contributed by atoms with Crippen LogP contribution >= 0.6 is 15.9 Å². The van der Waals surface area contributed by atoms with Crippen LogP contribution in [0.3, 0.4) is 0 Å². The third-order valence-electron chi connectivity index (χ3n) is 5.16. The lowest BCUT2D eigenvalue weighted by Crippen LogP contribution is -2.51. The molecule has 26 heavy (non-hydrogen) atoms. The summed E-state index contributed by atoms with van der Waals surface area (Å²) in [6.07, 6.45) is 1.76. The minimum Gasteiger partial charge on any atom is -0.393 e. The van der Waals surface area contributed by atoms with Crippen LogP contribution < -0.4 is 0 Å². The molecule has 2 aliphatic rings. The molecule has 0 saturated carbocycles. The summed E-state index contributed by atoms with van der Waals surface area (Å²) in [6.45, 7) is 2.98. The average Bonchev–Trinajstić information content (AvgIpc) is 3.01. The lowest BCUT2D eigenvalue weighted by Gasteiger charge is -2.34. The van der Waals surface area contributed by atoms with Gasteiger partial charge >= 0.3 is 6.97 Å². The molecule has 0 bridgehead atoms. The minimum atomic E-state index is -4.02. The van der Waals surface area contributed by atoms with Gasteiger partial charge in [0.15, 0.2) is 5.70 Å². The number of aromatic nitrogens is 1. The van der Waals surface area contributed by atoms with E-state index < -0.39 is 12.8 Å². The van der Waals surface area contributed by atoms with Crippen LogP contribution in [-0.2, 0) is 0 Å². The Morgan fingerprint density at radius 2 is 1.81 bits per heavy atom. The first-order chi connectivity index (χ1) is 12.2. The molecule has 2 aromatic rings. The molecule has 0 unspecified atom stereocenters. The Morgan fingerprint density at radius 1 is 1.12 bits per heavy atom. The molecule has 3 heterocycles. The van der Waals surface area contributed by atoms with E-state index in [2.05, 4.69) is 15.9 Å². The molecule has 134 valence electrons. The zero-order valence-electron chi connectivity index (χ0n) is 14.9. The van der Waals surface area contributed by atoms with Crippen molar-refractivity contribution in [2.75, 3.05) is 0 Å². The second-order valence-corrected chi connectivity index (χ2v) is 7.73. The third-order valence-corrected chi connectivity index (χ3v) is 5.96. The van der Waals surface area contributed by atoms with Gasteiger partial charge in [0.05, 0.1) is 10.0 Å². The Bertz CT molecular complexity index is 1080. The van der Waals surface area contributed by atoms with Crippen molar-refractivity contribution in [1.29, 1.82) is 0 Å². The maximum Gasteiger partial charge on any atom is 0.737 e. The maximum absolute atomic E-state index is 15.5. The summed E-state index contributed by atoms with van der Waals surface area (Å²) in [5.74, 6) is -0.419. The van der Waals surface area contributed by atoms with Crippen LogP contribution in [0.4, 0.5) is 13.0 Å². The zero-order chi connectivity index (χ0) is 19.0. The second-order valence-electron chi connectivity index (χ2n) is 6.94. The monoisotopic (exact) mass is 420 g/mol. The van der Waals surface area contributed by atoms with Crippen molar-refractivity contribution < 1.29 is 17.5 Å². The highest BCUT2D eigenvalue weighted by Gasteiger charge is 2.55. The Balaban J connectivity index is 2.22. The number of fused-ring (bicyclic) bond motifs is 2. The van der Waals surface area contributed by atoms with E-state index in [4.69, 9.17) is 0 Å². The van der Waals surface area contributed by atoms with Crippen molar-refractivity contribution in [3.63, 3.8) is 0 Å². The van der Waals surface area contributed by atoms with Crippen LogP contribution in [-0.4, -0.2) is 21.6 Å². The number of halogens is 4. The molecule has 0 spiro atoms. The number of nitrogens with zero attached hydrogens (tertiary/aromatic N) is 2. The van der Waals surface area contributed by atoms with Crippen LogP contribution in [0.25, 0.3) is 5.57 Å². The summed E-state index contributed by atoms with van der Waals surface area (Å²) in [7, 11) is 0. The first kappa shape index (κ1) is 17.4. The Morgan fingerprint density at radius 3 is 2.50 bits per heavy atom. The molecule has 0 atom stereocenters. The SMILES string of the molecule is CC1=CC(C)=[N+]2C1=C(c1cccc(F)c1Br)c1c(C)cc(C)n1[B-]2(F)F. The fourth-order valence-electron chi connectivity index (χ4n) is 4.25. The minimum absolute atomic E-state index is 0.280. The summed E-state index contributed by atoms with van der Waals surface area (Å²) >= 11 is 3.31. The van der Waals surface area contributed by atoms with Gasteiger partial charge < -0.3 is 17.6 Å². The van der Waals surface area contributed by atoms with Crippen LogP contribution in [0.1, 0.15) is 36.4 Å². The van der Waals surface area contributed by atoms with Gasteiger partial charge in [-0.25, -0.2) is 4.39 Å². The lowest BCUT2D eigenvalue weighted by atomic mass is 9.84. The molecule has 1 aromatic carbocycles. The van der Waals surface area contributed by atoms with Gasteiger partial charge in [0, 0.05) is 29.8 Å². The van der Waals surface area contributed by atoms with Gasteiger partial charge in [0.25, 0.3) is 0 Å². The van der Waals surface area contributed by atoms with E-state index in [1.54, 1.807) is 38.1 Å². The van der Waals surface area contributed by atoms with Gasteiger partial charge in [-0.2, -0.15) is 0 Å². The van der Waals surface area contributed by atoms with Gasteiger partial charge in [0.1, 0.15) is 11.5 Å². The van der Waals surface area contributed by atoms with Gasteiger partial charge in [-0.1, -0.05) is 12.1 Å². The molecule has 4 rings (SSSR count). The molecule has 2 aliphatic heterocycles. The smallest absolute Gasteiger partial charge is 0.393 e.